The van der Waals surface area contributed by atoms with Gasteiger partial charge in [0.25, 0.3) is 5.56 Å². The molecule has 8 heteroatoms. The first-order chi connectivity index (χ1) is 15.0. The number of pyridine rings is 2. The monoisotopic (exact) mass is 417 g/mol. The summed E-state index contributed by atoms with van der Waals surface area (Å²) < 4.78 is 28.8. The second kappa shape index (κ2) is 6.10. The van der Waals surface area contributed by atoms with Crippen LogP contribution < -0.4 is 11.3 Å². The molecule has 1 saturated carbocycles. The number of aromatic amines is 2. The number of rotatable bonds is 2. The number of nitrogens with one attached hydrogen (secondary N) is 2. The Morgan fingerprint density at radius 2 is 2.00 bits per heavy atom. The van der Waals surface area contributed by atoms with E-state index in [1.54, 1.807) is 6.20 Å². The number of aryl methyl sites for hydroxylation is 1. The molecule has 5 aromatic rings. The number of nitrogen functional groups attached to an aromatic ring is 1. The highest BCUT2D eigenvalue weighted by molar-refractivity contribution is 6.16. The van der Waals surface area contributed by atoms with Crippen molar-refractivity contribution in [2.75, 3.05) is 5.73 Å². The minimum absolute atomic E-state index is 0.0471. The van der Waals surface area contributed by atoms with Crippen LogP contribution in [-0.2, 0) is 0 Å². The minimum Gasteiger partial charge on any atom is -0.394 e. The Balaban J connectivity index is 1.88. The average Bonchev–Trinajstić information content (AvgIpc) is 3.47. The fourth-order valence-electron chi connectivity index (χ4n) is 4.73. The van der Waals surface area contributed by atoms with E-state index in [1.165, 1.54) is 6.20 Å². The van der Waals surface area contributed by atoms with Gasteiger partial charge in [0.1, 0.15) is 11.2 Å². The minimum atomic E-state index is -1.04. The lowest BCUT2D eigenvalue weighted by Crippen LogP contribution is -2.15. The molecule has 0 saturated heterocycles. The van der Waals surface area contributed by atoms with Crippen LogP contribution in [-0.4, -0.2) is 20.2 Å². The Kier molecular flexibility index (Phi) is 3.54. The standard InChI is InChI=1S/C23H17F2N5O/c1-9-15(10-4-5-10)20-11(3-2-6-27-20)21-16(9)17(19(26)23(31)29-21)12-7-14(24)18(25)22-13(12)8-28-30-22/h2-3,6-8,10H,4-5,26H2,1H3,(H,28,30)(H,29,31). The van der Waals surface area contributed by atoms with Crippen LogP contribution in [0, 0.1) is 18.6 Å². The van der Waals surface area contributed by atoms with E-state index in [-0.39, 0.29) is 11.2 Å². The zero-order chi connectivity index (χ0) is 21.4. The van der Waals surface area contributed by atoms with Gasteiger partial charge in [-0.15, -0.1) is 0 Å². The third kappa shape index (κ3) is 2.38. The third-order valence-electron chi connectivity index (χ3n) is 6.25. The molecule has 1 aliphatic rings. The fraction of sp³-hybridized carbons (Fsp3) is 0.174. The van der Waals surface area contributed by atoms with Crippen molar-refractivity contribution in [2.45, 2.75) is 25.7 Å². The number of H-pyrrole nitrogens is 2. The molecule has 3 heterocycles. The van der Waals surface area contributed by atoms with Crippen molar-refractivity contribution in [2.24, 2.45) is 0 Å². The van der Waals surface area contributed by atoms with Crippen LogP contribution in [0.2, 0.25) is 0 Å². The number of halogens is 2. The number of hydrogen-bond donors (Lipinski definition) is 3. The van der Waals surface area contributed by atoms with Gasteiger partial charge in [0.05, 0.1) is 17.2 Å². The van der Waals surface area contributed by atoms with Gasteiger partial charge >= 0.3 is 0 Å². The van der Waals surface area contributed by atoms with Crippen molar-refractivity contribution >= 4 is 38.4 Å². The molecule has 0 spiro atoms. The van der Waals surface area contributed by atoms with Crippen molar-refractivity contribution in [1.82, 2.24) is 20.2 Å². The van der Waals surface area contributed by atoms with Crippen LogP contribution >= 0.6 is 0 Å². The summed E-state index contributed by atoms with van der Waals surface area (Å²) in [6.45, 7) is 1.97. The normalized spacial score (nSPS) is 14.2. The fourth-order valence-corrected chi connectivity index (χ4v) is 4.73. The van der Waals surface area contributed by atoms with Crippen LogP contribution in [0.15, 0.2) is 35.4 Å². The predicted molar refractivity (Wildman–Crippen MR) is 116 cm³/mol. The van der Waals surface area contributed by atoms with Crippen molar-refractivity contribution in [1.29, 1.82) is 0 Å². The van der Waals surface area contributed by atoms with E-state index in [0.29, 0.717) is 33.3 Å². The molecular weight excluding hydrogens is 400 g/mol. The number of hydrogen-bond acceptors (Lipinski definition) is 4. The summed E-state index contributed by atoms with van der Waals surface area (Å²) in [4.78, 5) is 20.3. The van der Waals surface area contributed by atoms with E-state index < -0.39 is 17.2 Å². The van der Waals surface area contributed by atoms with Gasteiger partial charge in [-0.2, -0.15) is 5.10 Å². The highest BCUT2D eigenvalue weighted by Gasteiger charge is 2.31. The number of nitrogens with two attached hydrogens (primary N) is 1. The zero-order valence-electron chi connectivity index (χ0n) is 16.5. The van der Waals surface area contributed by atoms with Crippen LogP contribution in [0.25, 0.3) is 43.8 Å². The van der Waals surface area contributed by atoms with E-state index in [4.69, 9.17) is 5.73 Å². The number of nitrogens with zero attached hydrogens (tertiary/aromatic N) is 2. The van der Waals surface area contributed by atoms with Gasteiger partial charge in [0, 0.05) is 27.9 Å². The Labute approximate surface area is 174 Å². The maximum absolute atomic E-state index is 14.5. The molecule has 0 radical (unpaired) electrons. The number of anilines is 1. The molecule has 6 nitrogen and oxygen atoms in total. The van der Waals surface area contributed by atoms with Gasteiger partial charge in [-0.05, 0) is 60.6 Å². The van der Waals surface area contributed by atoms with Gasteiger partial charge in [-0.25, -0.2) is 8.78 Å². The van der Waals surface area contributed by atoms with Gasteiger partial charge < -0.3 is 10.7 Å². The van der Waals surface area contributed by atoms with Gasteiger partial charge in [0.15, 0.2) is 11.6 Å². The molecule has 1 aliphatic carbocycles. The first-order valence-electron chi connectivity index (χ1n) is 10.0. The van der Waals surface area contributed by atoms with Crippen molar-refractivity contribution < 1.29 is 8.78 Å². The highest BCUT2D eigenvalue weighted by Crippen LogP contribution is 2.48. The molecule has 6 rings (SSSR count). The number of benzene rings is 2. The molecule has 0 unspecified atom stereocenters. The first-order valence-corrected chi connectivity index (χ1v) is 10.0. The van der Waals surface area contributed by atoms with Gasteiger partial charge in [-0.3, -0.25) is 14.9 Å². The SMILES string of the molecule is Cc1c(C2CC2)c2ncccc2c2[nH]c(=O)c(N)c(-c3cc(F)c(F)c4[nH]ncc34)c12. The molecule has 154 valence electrons. The third-order valence-corrected chi connectivity index (χ3v) is 6.25. The summed E-state index contributed by atoms with van der Waals surface area (Å²) >= 11 is 0. The quantitative estimate of drug-likeness (QED) is 0.364. The lowest BCUT2D eigenvalue weighted by molar-refractivity contribution is 0.515. The Morgan fingerprint density at radius 3 is 2.77 bits per heavy atom. The molecule has 4 N–H and O–H groups in total. The predicted octanol–water partition coefficient (Wildman–Crippen LogP) is 4.67. The molecule has 0 bridgehead atoms. The van der Waals surface area contributed by atoms with Crippen LogP contribution in [0.5, 0.6) is 0 Å². The second-order valence-corrected chi connectivity index (χ2v) is 8.08. The maximum atomic E-state index is 14.5. The van der Waals surface area contributed by atoms with E-state index in [2.05, 4.69) is 20.2 Å². The van der Waals surface area contributed by atoms with Crippen LogP contribution in [0.3, 0.4) is 0 Å². The summed E-state index contributed by atoms with van der Waals surface area (Å²) in [7, 11) is 0. The molecule has 1 fully saturated rings. The van der Waals surface area contributed by atoms with Crippen molar-refractivity contribution in [3.8, 4) is 11.1 Å². The Hall–Kier alpha value is -3.81. The summed E-state index contributed by atoms with van der Waals surface area (Å²) in [6, 6.07) is 4.81. The summed E-state index contributed by atoms with van der Waals surface area (Å²) in [6.07, 6.45) is 5.27. The molecular formula is C23H17F2N5O. The first kappa shape index (κ1) is 18.0. The van der Waals surface area contributed by atoms with Gasteiger partial charge in [0.2, 0.25) is 0 Å². The highest BCUT2D eigenvalue weighted by atomic mass is 19.2. The average molecular weight is 417 g/mol. The Morgan fingerprint density at radius 1 is 1.19 bits per heavy atom. The molecule has 0 aliphatic heterocycles. The lowest BCUT2D eigenvalue weighted by Gasteiger charge is -2.18. The lowest BCUT2D eigenvalue weighted by atomic mass is 9.89. The number of aromatic nitrogens is 4. The summed E-state index contributed by atoms with van der Waals surface area (Å²) in [5, 5.41) is 8.26. The Bertz CT molecular complexity index is 1610. The zero-order valence-corrected chi connectivity index (χ0v) is 16.5. The maximum Gasteiger partial charge on any atom is 0.272 e. The van der Waals surface area contributed by atoms with Crippen molar-refractivity contribution in [3.63, 3.8) is 0 Å². The smallest absolute Gasteiger partial charge is 0.272 e. The van der Waals surface area contributed by atoms with Crippen molar-refractivity contribution in [3.05, 3.63) is 63.7 Å². The molecule has 0 atom stereocenters. The molecule has 31 heavy (non-hydrogen) atoms. The van der Waals surface area contributed by atoms with E-state index in [9.17, 15) is 13.6 Å². The van der Waals surface area contributed by atoms with E-state index in [0.717, 1.165) is 40.9 Å². The number of fused-ring (bicyclic) bond motifs is 4. The molecule has 0 amide bonds. The van der Waals surface area contributed by atoms with Crippen LogP contribution in [0.1, 0.15) is 29.9 Å². The molecule has 3 aromatic heterocycles. The molecule has 2 aromatic carbocycles. The topological polar surface area (TPSA) is 100 Å². The van der Waals surface area contributed by atoms with Crippen LogP contribution in [0.4, 0.5) is 14.5 Å². The summed E-state index contributed by atoms with van der Waals surface area (Å²) in [5.74, 6) is -1.68. The van der Waals surface area contributed by atoms with E-state index >= 15 is 0 Å². The second-order valence-electron chi connectivity index (χ2n) is 8.08. The largest absolute Gasteiger partial charge is 0.394 e. The van der Waals surface area contributed by atoms with E-state index in [1.807, 2.05) is 19.1 Å². The van der Waals surface area contributed by atoms with Gasteiger partial charge in [-0.1, -0.05) is 0 Å². The summed E-state index contributed by atoms with van der Waals surface area (Å²) in [5.41, 5.74) is 9.86.